The second kappa shape index (κ2) is 8.04. The van der Waals surface area contributed by atoms with Crippen molar-refractivity contribution >= 4 is 39.7 Å². The first kappa shape index (κ1) is 19.9. The van der Waals surface area contributed by atoms with Crippen LogP contribution >= 0.6 is 11.9 Å². The van der Waals surface area contributed by atoms with Gasteiger partial charge in [-0.2, -0.15) is 0 Å². The Bertz CT molecular complexity index is 935. The zero-order valence-corrected chi connectivity index (χ0v) is 17.6. The molecule has 27 heavy (non-hydrogen) atoms. The number of nitrogen functional groups attached to an aromatic ring is 1. The van der Waals surface area contributed by atoms with Crippen LogP contribution in [0.4, 0.5) is 5.82 Å². The third kappa shape index (κ3) is 4.36. The van der Waals surface area contributed by atoms with Gasteiger partial charge in [-0.15, -0.1) is 0 Å². The Morgan fingerprint density at radius 1 is 1.22 bits per heavy atom. The predicted molar refractivity (Wildman–Crippen MR) is 115 cm³/mol. The number of anilines is 1. The van der Waals surface area contributed by atoms with E-state index >= 15 is 0 Å². The molecule has 7 heteroatoms. The Labute approximate surface area is 165 Å². The minimum absolute atomic E-state index is 0.0721. The molecule has 3 aromatic rings. The lowest BCUT2D eigenvalue weighted by atomic mass is 9.96. The normalized spacial score (nSPS) is 12.5. The predicted octanol–water partition coefficient (Wildman–Crippen LogP) is 3.94. The molecule has 0 radical (unpaired) electrons. The van der Waals surface area contributed by atoms with Crippen molar-refractivity contribution in [3.8, 4) is 0 Å². The molecule has 0 bridgehead atoms. The highest BCUT2D eigenvalue weighted by Crippen LogP contribution is 2.33. The van der Waals surface area contributed by atoms with Crippen molar-refractivity contribution in [1.29, 1.82) is 0 Å². The summed E-state index contributed by atoms with van der Waals surface area (Å²) in [6.07, 6.45) is 0. The first-order chi connectivity index (χ1) is 12.8. The zero-order valence-electron chi connectivity index (χ0n) is 16.8. The van der Waals surface area contributed by atoms with Gasteiger partial charge in [0.05, 0.1) is 11.0 Å². The number of hydrogen-bond donors (Lipinski definition) is 1. The minimum Gasteiger partial charge on any atom is -0.382 e. The molecule has 0 fully saturated rings. The van der Waals surface area contributed by atoms with Crippen molar-refractivity contribution in [3.63, 3.8) is 0 Å². The molecule has 0 unspecified atom stereocenters. The van der Waals surface area contributed by atoms with Gasteiger partial charge in [0.25, 0.3) is 0 Å². The van der Waals surface area contributed by atoms with Crippen molar-refractivity contribution in [2.24, 2.45) is 5.41 Å². The minimum atomic E-state index is 0.0721. The fourth-order valence-electron chi connectivity index (χ4n) is 3.16. The summed E-state index contributed by atoms with van der Waals surface area (Å²) >= 11 is 1.83. The van der Waals surface area contributed by atoms with Gasteiger partial charge in [-0.25, -0.2) is 9.97 Å². The molecule has 0 spiro atoms. The lowest BCUT2D eigenvalue weighted by molar-refractivity contribution is 0.124. The van der Waals surface area contributed by atoms with Crippen molar-refractivity contribution < 1.29 is 4.74 Å². The van der Waals surface area contributed by atoms with E-state index in [2.05, 4.69) is 47.9 Å². The van der Waals surface area contributed by atoms with E-state index in [-0.39, 0.29) is 5.41 Å². The average Bonchev–Trinajstić information content (AvgIpc) is 2.97. The number of benzene rings is 1. The lowest BCUT2D eigenvalue weighted by Crippen LogP contribution is -2.25. The molecule has 1 aromatic carbocycles. The van der Waals surface area contributed by atoms with Crippen LogP contribution in [0.1, 0.15) is 26.6 Å². The number of nitrogens with two attached hydrogens (primary N) is 1. The SMILES string of the molecule is CCOCc1nc2c(N)nc3ccccc3c2n1CC(C)(C)CSN(C)C. The van der Waals surface area contributed by atoms with Crippen molar-refractivity contribution in [2.45, 2.75) is 33.9 Å². The Morgan fingerprint density at radius 2 is 1.96 bits per heavy atom. The van der Waals surface area contributed by atoms with E-state index in [1.54, 1.807) is 0 Å². The van der Waals surface area contributed by atoms with Crippen LogP contribution in [0.5, 0.6) is 0 Å². The third-order valence-corrected chi connectivity index (χ3v) is 5.85. The van der Waals surface area contributed by atoms with Crippen LogP contribution in [0, 0.1) is 5.41 Å². The molecule has 0 saturated carbocycles. The van der Waals surface area contributed by atoms with Gasteiger partial charge in [0.15, 0.2) is 5.82 Å². The molecule has 0 atom stereocenters. The largest absolute Gasteiger partial charge is 0.382 e. The fraction of sp³-hybridized carbons (Fsp3) is 0.500. The van der Waals surface area contributed by atoms with Crippen LogP contribution in [-0.4, -0.2) is 45.3 Å². The van der Waals surface area contributed by atoms with Gasteiger partial charge in [-0.1, -0.05) is 44.0 Å². The number of nitrogens with zero attached hydrogens (tertiary/aromatic N) is 4. The molecule has 0 aliphatic heterocycles. The number of rotatable bonds is 8. The second-order valence-corrected chi connectivity index (χ2v) is 8.99. The number of pyridine rings is 1. The first-order valence-corrected chi connectivity index (χ1v) is 10.2. The number of ether oxygens (including phenoxy) is 1. The monoisotopic (exact) mass is 387 g/mol. The Kier molecular flexibility index (Phi) is 5.93. The molecule has 0 saturated heterocycles. The molecule has 3 rings (SSSR count). The van der Waals surface area contributed by atoms with Crippen LogP contribution < -0.4 is 5.73 Å². The van der Waals surface area contributed by atoms with E-state index < -0.39 is 0 Å². The molecular formula is C20H29N5OS. The van der Waals surface area contributed by atoms with Crippen LogP contribution in [0.25, 0.3) is 21.9 Å². The Hall–Kier alpha value is -1.83. The Morgan fingerprint density at radius 3 is 2.67 bits per heavy atom. The smallest absolute Gasteiger partial charge is 0.152 e. The topological polar surface area (TPSA) is 69.2 Å². The highest BCUT2D eigenvalue weighted by atomic mass is 32.2. The molecule has 146 valence electrons. The number of fused-ring (bicyclic) bond motifs is 3. The van der Waals surface area contributed by atoms with E-state index in [1.807, 2.05) is 37.1 Å². The quantitative estimate of drug-likeness (QED) is 0.591. The van der Waals surface area contributed by atoms with Gasteiger partial charge in [0, 0.05) is 24.3 Å². The molecular weight excluding hydrogens is 358 g/mol. The fourth-order valence-corrected chi connectivity index (χ4v) is 3.86. The summed E-state index contributed by atoms with van der Waals surface area (Å²) in [5.41, 5.74) is 9.04. The summed E-state index contributed by atoms with van der Waals surface area (Å²) < 4.78 is 10.1. The molecule has 0 aliphatic rings. The van der Waals surface area contributed by atoms with Gasteiger partial charge >= 0.3 is 0 Å². The van der Waals surface area contributed by atoms with Crippen LogP contribution in [0.15, 0.2) is 24.3 Å². The zero-order chi connectivity index (χ0) is 19.6. The summed E-state index contributed by atoms with van der Waals surface area (Å²) in [7, 11) is 4.15. The number of imidazole rings is 1. The molecule has 2 heterocycles. The summed E-state index contributed by atoms with van der Waals surface area (Å²) in [5, 5.41) is 1.08. The maximum Gasteiger partial charge on any atom is 0.152 e. The van der Waals surface area contributed by atoms with Crippen LogP contribution in [-0.2, 0) is 17.9 Å². The van der Waals surface area contributed by atoms with E-state index in [1.165, 1.54) is 0 Å². The van der Waals surface area contributed by atoms with E-state index in [9.17, 15) is 0 Å². The lowest BCUT2D eigenvalue weighted by Gasteiger charge is -2.27. The van der Waals surface area contributed by atoms with Crippen molar-refractivity contribution in [1.82, 2.24) is 18.8 Å². The van der Waals surface area contributed by atoms with Gasteiger partial charge in [0.2, 0.25) is 0 Å². The summed E-state index contributed by atoms with van der Waals surface area (Å²) in [6, 6.07) is 8.11. The van der Waals surface area contributed by atoms with Crippen LogP contribution in [0.2, 0.25) is 0 Å². The summed E-state index contributed by atoms with van der Waals surface area (Å²) in [5.74, 6) is 2.38. The third-order valence-electron chi connectivity index (χ3n) is 4.42. The highest BCUT2D eigenvalue weighted by Gasteiger charge is 2.25. The number of para-hydroxylation sites is 1. The van der Waals surface area contributed by atoms with Gasteiger partial charge in [-0.05, 0) is 32.5 Å². The van der Waals surface area contributed by atoms with Crippen molar-refractivity contribution in [3.05, 3.63) is 30.1 Å². The summed E-state index contributed by atoms with van der Waals surface area (Å²) in [6.45, 7) is 8.52. The van der Waals surface area contributed by atoms with Gasteiger partial charge < -0.3 is 15.0 Å². The molecule has 2 N–H and O–H groups in total. The van der Waals surface area contributed by atoms with Crippen LogP contribution in [0.3, 0.4) is 0 Å². The molecule has 0 amide bonds. The second-order valence-electron chi connectivity index (χ2n) is 7.71. The molecule has 0 aliphatic carbocycles. The van der Waals surface area contributed by atoms with Gasteiger partial charge in [0.1, 0.15) is 17.9 Å². The maximum atomic E-state index is 6.26. The van der Waals surface area contributed by atoms with E-state index in [0.717, 1.165) is 40.1 Å². The molecule has 2 aromatic heterocycles. The Balaban J connectivity index is 2.15. The number of hydrogen-bond acceptors (Lipinski definition) is 6. The maximum absolute atomic E-state index is 6.26. The molecule has 6 nitrogen and oxygen atoms in total. The van der Waals surface area contributed by atoms with E-state index in [0.29, 0.717) is 19.0 Å². The first-order valence-electron chi connectivity index (χ1n) is 9.23. The standard InChI is InChI=1S/C20H29N5OS/c1-6-26-11-16-23-17-18(14-9-7-8-10-15(14)22-19(17)21)25(16)12-20(2,3)13-27-24(4)5/h7-10H,6,11-13H2,1-5H3,(H2,21,22). The highest BCUT2D eigenvalue weighted by molar-refractivity contribution is 7.97. The van der Waals surface area contributed by atoms with Gasteiger partial charge in [-0.3, -0.25) is 4.31 Å². The average molecular weight is 388 g/mol. The number of aromatic nitrogens is 3. The van der Waals surface area contributed by atoms with Crippen molar-refractivity contribution in [2.75, 3.05) is 32.2 Å². The summed E-state index contributed by atoms with van der Waals surface area (Å²) in [4.78, 5) is 9.36. The van der Waals surface area contributed by atoms with E-state index in [4.69, 9.17) is 15.5 Å².